The Morgan fingerprint density at radius 1 is 0.875 bits per heavy atom. The topological polar surface area (TPSA) is 112 Å². The number of carbonyl (C=O) groups is 1. The average molecular weight is 443 g/mol. The number of fused-ring (bicyclic) bond motifs is 3. The van der Waals surface area contributed by atoms with E-state index < -0.39 is 16.0 Å². The Kier molecular flexibility index (Phi) is 4.64. The minimum absolute atomic E-state index is 0.0638. The van der Waals surface area contributed by atoms with E-state index in [0.29, 0.717) is 22.5 Å². The van der Waals surface area contributed by atoms with Crippen molar-refractivity contribution in [2.45, 2.75) is 4.90 Å². The lowest BCUT2D eigenvalue weighted by molar-refractivity contribution is 0.0691. The minimum atomic E-state index is -3.71. The van der Waals surface area contributed by atoms with Crippen molar-refractivity contribution in [3.63, 3.8) is 0 Å². The maximum absolute atomic E-state index is 12.6. The lowest BCUT2D eigenvalue weighted by Crippen LogP contribution is -2.12. The molecule has 0 aliphatic carbocycles. The van der Waals surface area contributed by atoms with Gasteiger partial charge in [0.05, 0.1) is 16.1 Å². The molecule has 0 radical (unpaired) electrons. The van der Waals surface area contributed by atoms with Crippen LogP contribution in [0.4, 0.5) is 5.69 Å². The normalized spacial score (nSPS) is 11.6. The highest BCUT2D eigenvalue weighted by atomic mass is 32.2. The smallest absolute Gasteiger partial charge is 0.354 e. The highest BCUT2D eigenvalue weighted by Gasteiger charge is 2.17. The Labute approximate surface area is 183 Å². The third kappa shape index (κ3) is 3.46. The van der Waals surface area contributed by atoms with Crippen LogP contribution in [0.25, 0.3) is 33.1 Å². The number of para-hydroxylation sites is 1. The van der Waals surface area contributed by atoms with Gasteiger partial charge in [-0.3, -0.25) is 4.72 Å². The maximum Gasteiger partial charge on any atom is 0.354 e. The minimum Gasteiger partial charge on any atom is -0.477 e. The zero-order chi connectivity index (χ0) is 22.3. The van der Waals surface area contributed by atoms with Crippen molar-refractivity contribution in [2.24, 2.45) is 0 Å². The lowest BCUT2D eigenvalue weighted by Gasteiger charge is -2.10. The quantitative estimate of drug-likeness (QED) is 0.358. The number of aromatic nitrogens is 2. The van der Waals surface area contributed by atoms with Crippen molar-refractivity contribution in [2.75, 3.05) is 4.72 Å². The number of nitrogens with one attached hydrogen (secondary N) is 2. The standard InChI is InChI=1S/C24H17N3O4S/c28-24(29)21-14-19-18-8-4-5-9-20(18)25-23(19)22(26-21)15-10-12-16(13-11-15)27-32(30,31)17-6-2-1-3-7-17/h1-14,25,27H,(H,28,29). The number of aromatic carboxylic acids is 1. The van der Waals surface area contributed by atoms with E-state index in [1.54, 1.807) is 48.5 Å². The third-order valence-electron chi connectivity index (χ3n) is 5.18. The summed E-state index contributed by atoms with van der Waals surface area (Å²) in [7, 11) is -3.71. The van der Waals surface area contributed by atoms with Gasteiger partial charge >= 0.3 is 5.97 Å². The number of anilines is 1. The van der Waals surface area contributed by atoms with Gasteiger partial charge in [0.15, 0.2) is 0 Å². The molecule has 5 rings (SSSR count). The van der Waals surface area contributed by atoms with E-state index in [9.17, 15) is 18.3 Å². The average Bonchev–Trinajstić information content (AvgIpc) is 3.18. The number of carboxylic acids is 1. The number of rotatable bonds is 5. The van der Waals surface area contributed by atoms with Crippen LogP contribution in [0.2, 0.25) is 0 Å². The number of hydrogen-bond acceptors (Lipinski definition) is 4. The first kappa shape index (κ1) is 19.8. The summed E-state index contributed by atoms with van der Waals surface area (Å²) < 4.78 is 27.7. The molecule has 0 amide bonds. The van der Waals surface area contributed by atoms with Crippen LogP contribution in [0, 0.1) is 0 Å². The molecule has 7 nitrogen and oxygen atoms in total. The fraction of sp³-hybridized carbons (Fsp3) is 0. The van der Waals surface area contributed by atoms with E-state index in [1.165, 1.54) is 12.1 Å². The zero-order valence-electron chi connectivity index (χ0n) is 16.6. The molecule has 32 heavy (non-hydrogen) atoms. The fourth-order valence-corrected chi connectivity index (χ4v) is 4.75. The van der Waals surface area contributed by atoms with Crippen LogP contribution in [0.1, 0.15) is 10.5 Å². The molecule has 8 heteroatoms. The molecule has 0 bridgehead atoms. The summed E-state index contributed by atoms with van der Waals surface area (Å²) >= 11 is 0. The molecular weight excluding hydrogens is 426 g/mol. The van der Waals surface area contributed by atoms with Gasteiger partial charge in [0, 0.05) is 27.5 Å². The first-order valence-corrected chi connectivity index (χ1v) is 11.2. The Morgan fingerprint density at radius 2 is 1.56 bits per heavy atom. The second-order valence-electron chi connectivity index (χ2n) is 7.25. The molecule has 3 aromatic carbocycles. The molecule has 0 aliphatic heterocycles. The molecule has 2 aromatic heterocycles. The van der Waals surface area contributed by atoms with Crippen molar-refractivity contribution in [3.05, 3.63) is 90.6 Å². The number of pyridine rings is 1. The van der Waals surface area contributed by atoms with Crippen molar-refractivity contribution >= 4 is 43.5 Å². The van der Waals surface area contributed by atoms with E-state index in [0.717, 1.165) is 16.3 Å². The number of carboxylic acid groups (broad SMARTS) is 1. The Balaban J connectivity index is 1.58. The molecule has 0 unspecified atom stereocenters. The van der Waals surface area contributed by atoms with Crippen LogP contribution in [-0.4, -0.2) is 29.5 Å². The summed E-state index contributed by atoms with van der Waals surface area (Å²) in [4.78, 5) is 19.5. The summed E-state index contributed by atoms with van der Waals surface area (Å²) in [6, 6.07) is 24.0. The number of sulfonamides is 1. The van der Waals surface area contributed by atoms with E-state index in [4.69, 9.17) is 0 Å². The van der Waals surface area contributed by atoms with Gasteiger partial charge in [-0.05, 0) is 36.4 Å². The predicted octanol–water partition coefficient (Wildman–Crippen LogP) is 4.88. The Hall–Kier alpha value is -4.17. The van der Waals surface area contributed by atoms with Gasteiger partial charge in [-0.1, -0.05) is 48.5 Å². The number of H-pyrrole nitrogens is 1. The van der Waals surface area contributed by atoms with E-state index >= 15 is 0 Å². The maximum atomic E-state index is 12.6. The zero-order valence-corrected chi connectivity index (χ0v) is 17.4. The van der Waals surface area contributed by atoms with Crippen LogP contribution < -0.4 is 4.72 Å². The predicted molar refractivity (Wildman–Crippen MR) is 123 cm³/mol. The summed E-state index contributed by atoms with van der Waals surface area (Å²) in [6.45, 7) is 0. The summed E-state index contributed by atoms with van der Waals surface area (Å²) in [6.07, 6.45) is 0. The molecule has 0 aliphatic rings. The van der Waals surface area contributed by atoms with Gasteiger partial charge in [-0.25, -0.2) is 18.2 Å². The first-order valence-electron chi connectivity index (χ1n) is 9.75. The second-order valence-corrected chi connectivity index (χ2v) is 8.93. The van der Waals surface area contributed by atoms with Gasteiger partial charge in [0.25, 0.3) is 10.0 Å². The van der Waals surface area contributed by atoms with Gasteiger partial charge < -0.3 is 10.1 Å². The highest BCUT2D eigenvalue weighted by molar-refractivity contribution is 7.92. The van der Waals surface area contributed by atoms with E-state index in [2.05, 4.69) is 14.7 Å². The van der Waals surface area contributed by atoms with Crippen LogP contribution >= 0.6 is 0 Å². The Bertz CT molecular complexity index is 1580. The number of aromatic amines is 1. The van der Waals surface area contributed by atoms with E-state index in [-0.39, 0.29) is 10.6 Å². The summed E-state index contributed by atoms with van der Waals surface area (Å²) in [5.74, 6) is -1.12. The Morgan fingerprint density at radius 3 is 2.28 bits per heavy atom. The van der Waals surface area contributed by atoms with Crippen LogP contribution in [0.15, 0.2) is 89.8 Å². The molecule has 0 saturated heterocycles. The first-order chi connectivity index (χ1) is 15.4. The second kappa shape index (κ2) is 7.51. The number of nitrogens with zero attached hydrogens (tertiary/aromatic N) is 1. The summed E-state index contributed by atoms with van der Waals surface area (Å²) in [5.41, 5.74) is 3.06. The van der Waals surface area contributed by atoms with Gasteiger partial charge in [-0.15, -0.1) is 0 Å². The molecule has 3 N–H and O–H groups in total. The molecule has 158 valence electrons. The van der Waals surface area contributed by atoms with Crippen LogP contribution in [0.3, 0.4) is 0 Å². The van der Waals surface area contributed by atoms with Crippen LogP contribution in [-0.2, 0) is 10.0 Å². The lowest BCUT2D eigenvalue weighted by atomic mass is 10.1. The molecule has 5 aromatic rings. The molecule has 2 heterocycles. The van der Waals surface area contributed by atoms with Crippen molar-refractivity contribution in [1.82, 2.24) is 9.97 Å². The molecule has 0 atom stereocenters. The van der Waals surface area contributed by atoms with Gasteiger partial charge in [0.1, 0.15) is 5.69 Å². The largest absolute Gasteiger partial charge is 0.477 e. The van der Waals surface area contributed by atoms with Crippen molar-refractivity contribution < 1.29 is 18.3 Å². The molecule has 0 spiro atoms. The number of hydrogen-bond donors (Lipinski definition) is 3. The van der Waals surface area contributed by atoms with Crippen molar-refractivity contribution in [3.8, 4) is 11.3 Å². The molecule has 0 saturated carbocycles. The molecular formula is C24H17N3O4S. The molecule has 0 fully saturated rings. The third-order valence-corrected chi connectivity index (χ3v) is 6.58. The highest BCUT2D eigenvalue weighted by Crippen LogP contribution is 2.33. The van der Waals surface area contributed by atoms with Gasteiger partial charge in [0.2, 0.25) is 0 Å². The fourth-order valence-electron chi connectivity index (χ4n) is 3.67. The van der Waals surface area contributed by atoms with Crippen LogP contribution in [0.5, 0.6) is 0 Å². The SMILES string of the molecule is O=C(O)c1cc2c([nH]c3ccccc32)c(-c2ccc(NS(=O)(=O)c3ccccc3)cc2)n1. The monoisotopic (exact) mass is 443 g/mol. The van der Waals surface area contributed by atoms with E-state index in [1.807, 2.05) is 24.3 Å². The van der Waals surface area contributed by atoms with Gasteiger partial charge in [-0.2, -0.15) is 0 Å². The summed E-state index contributed by atoms with van der Waals surface area (Å²) in [5, 5.41) is 11.2. The van der Waals surface area contributed by atoms with Crippen molar-refractivity contribution in [1.29, 1.82) is 0 Å². The number of benzene rings is 3.